The van der Waals surface area contributed by atoms with Gasteiger partial charge in [0.05, 0.1) is 12.2 Å². The molecular weight excluding hydrogens is 342 g/mol. The highest BCUT2D eigenvalue weighted by Crippen LogP contribution is 2.21. The predicted molar refractivity (Wildman–Crippen MR) is 88.5 cm³/mol. The molecule has 6 heteroatoms. The fraction of sp³-hybridized carbons (Fsp3) is 0.500. The Kier molecular flexibility index (Phi) is 6.95. The van der Waals surface area contributed by atoms with E-state index in [9.17, 15) is 4.79 Å². The monoisotopic (exact) mass is 361 g/mol. The predicted octanol–water partition coefficient (Wildman–Crippen LogP) is 2.49. The molecule has 1 heterocycles. The van der Waals surface area contributed by atoms with Crippen molar-refractivity contribution in [1.29, 1.82) is 0 Å². The van der Waals surface area contributed by atoms with E-state index in [1.807, 2.05) is 24.3 Å². The van der Waals surface area contributed by atoms with Gasteiger partial charge in [0, 0.05) is 29.6 Å². The number of anilines is 1. The third-order valence-corrected chi connectivity index (χ3v) is 3.84. The largest absolute Gasteiger partial charge is 0.324 e. The lowest BCUT2D eigenvalue weighted by molar-refractivity contribution is -0.117. The molecule has 2 N–H and O–H groups in total. The molecule has 1 saturated heterocycles. The fourth-order valence-corrected chi connectivity index (χ4v) is 2.91. The highest BCUT2D eigenvalue weighted by atomic mass is 79.9. The Morgan fingerprint density at radius 3 is 2.55 bits per heavy atom. The quantitative estimate of drug-likeness (QED) is 0.868. The number of para-hydroxylation sites is 1. The molecule has 2 unspecified atom stereocenters. The van der Waals surface area contributed by atoms with Crippen molar-refractivity contribution in [2.45, 2.75) is 25.9 Å². The summed E-state index contributed by atoms with van der Waals surface area (Å²) in [6.45, 7) is 6.56. The zero-order valence-electron chi connectivity index (χ0n) is 11.7. The molecular formula is C14H21BrClN3O. The normalized spacial score (nSPS) is 22.9. The van der Waals surface area contributed by atoms with Crippen LogP contribution < -0.4 is 10.6 Å². The van der Waals surface area contributed by atoms with Gasteiger partial charge < -0.3 is 10.6 Å². The van der Waals surface area contributed by atoms with Crippen LogP contribution in [0, 0.1) is 0 Å². The minimum absolute atomic E-state index is 0. The Morgan fingerprint density at radius 1 is 1.35 bits per heavy atom. The molecule has 0 saturated carbocycles. The van der Waals surface area contributed by atoms with Crippen molar-refractivity contribution in [2.24, 2.45) is 0 Å². The molecule has 0 spiro atoms. The number of piperazine rings is 1. The molecule has 1 fully saturated rings. The van der Waals surface area contributed by atoms with E-state index < -0.39 is 0 Å². The van der Waals surface area contributed by atoms with Crippen LogP contribution in [0.1, 0.15) is 13.8 Å². The summed E-state index contributed by atoms with van der Waals surface area (Å²) in [5, 5.41) is 6.40. The number of carbonyl (C=O) groups is 1. The van der Waals surface area contributed by atoms with Crippen molar-refractivity contribution < 1.29 is 4.79 Å². The zero-order valence-corrected chi connectivity index (χ0v) is 14.1. The minimum atomic E-state index is 0. The van der Waals surface area contributed by atoms with Gasteiger partial charge in [-0.05, 0) is 41.9 Å². The first-order valence-corrected chi connectivity index (χ1v) is 7.36. The molecule has 0 aromatic heterocycles. The minimum Gasteiger partial charge on any atom is -0.324 e. The lowest BCUT2D eigenvalue weighted by Crippen LogP contribution is -2.55. The van der Waals surface area contributed by atoms with Crippen LogP contribution in [-0.4, -0.2) is 42.5 Å². The van der Waals surface area contributed by atoms with E-state index in [4.69, 9.17) is 0 Å². The number of benzene rings is 1. The van der Waals surface area contributed by atoms with Crippen molar-refractivity contribution in [3.05, 3.63) is 28.7 Å². The van der Waals surface area contributed by atoms with Gasteiger partial charge in [-0.2, -0.15) is 0 Å². The second-order valence-electron chi connectivity index (χ2n) is 5.19. The number of nitrogens with one attached hydrogen (secondary N) is 2. The molecule has 112 valence electrons. The molecule has 2 atom stereocenters. The van der Waals surface area contributed by atoms with E-state index >= 15 is 0 Å². The second-order valence-corrected chi connectivity index (χ2v) is 6.05. The average Bonchev–Trinajstić information content (AvgIpc) is 2.30. The van der Waals surface area contributed by atoms with E-state index in [1.54, 1.807) is 0 Å². The molecule has 0 radical (unpaired) electrons. The van der Waals surface area contributed by atoms with Crippen LogP contribution in [0.2, 0.25) is 0 Å². The van der Waals surface area contributed by atoms with Gasteiger partial charge in [-0.15, -0.1) is 12.4 Å². The van der Waals surface area contributed by atoms with E-state index in [0.29, 0.717) is 18.6 Å². The summed E-state index contributed by atoms with van der Waals surface area (Å²) < 4.78 is 0.908. The van der Waals surface area contributed by atoms with Gasteiger partial charge in [-0.1, -0.05) is 12.1 Å². The zero-order chi connectivity index (χ0) is 13.8. The number of rotatable bonds is 3. The number of nitrogens with zero attached hydrogens (tertiary/aromatic N) is 1. The maximum Gasteiger partial charge on any atom is 0.238 e. The molecule has 2 rings (SSSR count). The number of halogens is 2. The van der Waals surface area contributed by atoms with E-state index in [2.05, 4.69) is 45.3 Å². The topological polar surface area (TPSA) is 44.4 Å². The Labute approximate surface area is 134 Å². The average molecular weight is 363 g/mol. The third-order valence-electron chi connectivity index (χ3n) is 3.15. The summed E-state index contributed by atoms with van der Waals surface area (Å²) in [6.07, 6.45) is 0. The lowest BCUT2D eigenvalue weighted by Gasteiger charge is -2.35. The molecule has 1 aromatic carbocycles. The van der Waals surface area contributed by atoms with Gasteiger partial charge in [-0.3, -0.25) is 9.69 Å². The van der Waals surface area contributed by atoms with Crippen LogP contribution >= 0.6 is 28.3 Å². The summed E-state index contributed by atoms with van der Waals surface area (Å²) >= 11 is 3.43. The highest BCUT2D eigenvalue weighted by Gasteiger charge is 2.22. The van der Waals surface area contributed by atoms with Crippen molar-refractivity contribution >= 4 is 39.9 Å². The summed E-state index contributed by atoms with van der Waals surface area (Å²) in [5.74, 6) is 0.0354. The lowest BCUT2D eigenvalue weighted by atomic mass is 10.1. The Hall–Kier alpha value is -0.620. The molecule has 4 nitrogen and oxygen atoms in total. The van der Waals surface area contributed by atoms with E-state index in [-0.39, 0.29) is 18.3 Å². The SMILES string of the molecule is CC1CN(CC(=O)Nc2ccccc2Br)CC(C)N1.Cl. The second kappa shape index (κ2) is 7.98. The number of hydrogen-bond donors (Lipinski definition) is 2. The van der Waals surface area contributed by atoms with Crippen molar-refractivity contribution in [3.63, 3.8) is 0 Å². The molecule has 20 heavy (non-hydrogen) atoms. The fourth-order valence-electron chi connectivity index (χ4n) is 2.52. The van der Waals surface area contributed by atoms with Crippen LogP contribution in [0.4, 0.5) is 5.69 Å². The van der Waals surface area contributed by atoms with Crippen LogP contribution in [0.3, 0.4) is 0 Å². The standard InChI is InChI=1S/C14H20BrN3O.ClH/c1-10-7-18(8-11(2)16-10)9-14(19)17-13-6-4-3-5-12(13)15;/h3-6,10-11,16H,7-9H2,1-2H3,(H,17,19);1H. The Morgan fingerprint density at radius 2 is 1.95 bits per heavy atom. The molecule has 1 aliphatic heterocycles. The first kappa shape index (κ1) is 17.4. The molecule has 1 amide bonds. The van der Waals surface area contributed by atoms with Gasteiger partial charge >= 0.3 is 0 Å². The summed E-state index contributed by atoms with van der Waals surface area (Å²) in [5.41, 5.74) is 0.823. The van der Waals surface area contributed by atoms with Gasteiger partial charge in [0.25, 0.3) is 0 Å². The molecule has 1 aromatic rings. The Balaban J connectivity index is 0.00000200. The van der Waals surface area contributed by atoms with Crippen molar-refractivity contribution in [1.82, 2.24) is 10.2 Å². The number of carbonyl (C=O) groups excluding carboxylic acids is 1. The first-order valence-electron chi connectivity index (χ1n) is 6.57. The maximum atomic E-state index is 12.1. The molecule has 0 aliphatic carbocycles. The van der Waals surface area contributed by atoms with E-state index in [1.165, 1.54) is 0 Å². The smallest absolute Gasteiger partial charge is 0.238 e. The first-order chi connectivity index (χ1) is 9.04. The Bertz CT molecular complexity index is 448. The maximum absolute atomic E-state index is 12.1. The van der Waals surface area contributed by atoms with Crippen molar-refractivity contribution in [2.75, 3.05) is 25.0 Å². The van der Waals surface area contributed by atoms with Gasteiger partial charge in [0.1, 0.15) is 0 Å². The summed E-state index contributed by atoms with van der Waals surface area (Å²) in [4.78, 5) is 14.2. The molecule has 1 aliphatic rings. The highest BCUT2D eigenvalue weighted by molar-refractivity contribution is 9.10. The van der Waals surface area contributed by atoms with Gasteiger partial charge in [-0.25, -0.2) is 0 Å². The van der Waals surface area contributed by atoms with E-state index in [0.717, 1.165) is 23.2 Å². The van der Waals surface area contributed by atoms with Crippen LogP contribution in [0.25, 0.3) is 0 Å². The third kappa shape index (κ3) is 5.05. The number of hydrogen-bond acceptors (Lipinski definition) is 3. The van der Waals surface area contributed by atoms with Crippen molar-refractivity contribution in [3.8, 4) is 0 Å². The summed E-state index contributed by atoms with van der Waals surface area (Å²) in [6, 6.07) is 8.52. The number of amides is 1. The van der Waals surface area contributed by atoms with Crippen LogP contribution in [0.15, 0.2) is 28.7 Å². The van der Waals surface area contributed by atoms with Crippen LogP contribution in [-0.2, 0) is 4.79 Å². The van der Waals surface area contributed by atoms with Gasteiger partial charge in [0.15, 0.2) is 0 Å². The molecule has 0 bridgehead atoms. The van der Waals surface area contributed by atoms with Crippen LogP contribution in [0.5, 0.6) is 0 Å². The summed E-state index contributed by atoms with van der Waals surface area (Å²) in [7, 11) is 0. The van der Waals surface area contributed by atoms with Gasteiger partial charge in [0.2, 0.25) is 5.91 Å².